The zero-order valence-corrected chi connectivity index (χ0v) is 10.8. The van der Waals surface area contributed by atoms with E-state index in [0.717, 1.165) is 12.1 Å². The summed E-state index contributed by atoms with van der Waals surface area (Å²) in [7, 11) is 0. The number of halogens is 3. The summed E-state index contributed by atoms with van der Waals surface area (Å²) in [6.45, 7) is 7.58. The van der Waals surface area contributed by atoms with Gasteiger partial charge < -0.3 is 10.2 Å². The fourth-order valence-corrected chi connectivity index (χ4v) is 1.53. The lowest BCUT2D eigenvalue weighted by Gasteiger charge is -2.20. The molecule has 108 valence electrons. The van der Waals surface area contributed by atoms with E-state index in [4.69, 9.17) is 0 Å². The summed E-state index contributed by atoms with van der Waals surface area (Å²) in [5.41, 5.74) is -0.725. The van der Waals surface area contributed by atoms with Crippen molar-refractivity contribution >= 4 is 11.7 Å². The van der Waals surface area contributed by atoms with E-state index in [1.165, 1.54) is 29.2 Å². The second kappa shape index (κ2) is 6.79. The molecule has 1 rings (SSSR count). The average molecular weight is 284 g/mol. The fourth-order valence-electron chi connectivity index (χ4n) is 1.53. The van der Waals surface area contributed by atoms with Crippen LogP contribution < -0.4 is 5.32 Å². The molecule has 0 fully saturated rings. The number of benzene rings is 1. The SMILES string of the molecule is C=CCN(CC=C)C(=O)Nc1cccc(C(F)(F)F)c1. The quantitative estimate of drug-likeness (QED) is 0.817. The summed E-state index contributed by atoms with van der Waals surface area (Å²) in [5.74, 6) is 0. The molecule has 0 aliphatic heterocycles. The van der Waals surface area contributed by atoms with Gasteiger partial charge in [-0.3, -0.25) is 0 Å². The average Bonchev–Trinajstić information content (AvgIpc) is 2.38. The van der Waals surface area contributed by atoms with Gasteiger partial charge in [0.2, 0.25) is 0 Å². The van der Waals surface area contributed by atoms with Crippen LogP contribution in [0.5, 0.6) is 0 Å². The number of amides is 2. The Hall–Kier alpha value is -2.24. The number of anilines is 1. The van der Waals surface area contributed by atoms with Gasteiger partial charge in [-0.05, 0) is 18.2 Å². The highest BCUT2D eigenvalue weighted by Crippen LogP contribution is 2.30. The van der Waals surface area contributed by atoms with Crippen LogP contribution in [0.1, 0.15) is 5.56 Å². The van der Waals surface area contributed by atoms with Crippen molar-refractivity contribution in [2.24, 2.45) is 0 Å². The first kappa shape index (κ1) is 15.8. The monoisotopic (exact) mass is 284 g/mol. The van der Waals surface area contributed by atoms with Crippen molar-refractivity contribution in [3.8, 4) is 0 Å². The minimum atomic E-state index is -4.44. The Morgan fingerprint density at radius 3 is 2.35 bits per heavy atom. The maximum atomic E-state index is 12.6. The van der Waals surface area contributed by atoms with Gasteiger partial charge in [0.25, 0.3) is 0 Å². The lowest BCUT2D eigenvalue weighted by Crippen LogP contribution is -2.35. The minimum absolute atomic E-state index is 0.0861. The Morgan fingerprint density at radius 2 is 1.85 bits per heavy atom. The van der Waals surface area contributed by atoms with Gasteiger partial charge in [0.05, 0.1) is 5.56 Å². The third-order valence-corrected chi connectivity index (χ3v) is 2.43. The first-order valence-electron chi connectivity index (χ1n) is 5.83. The van der Waals surface area contributed by atoms with E-state index in [9.17, 15) is 18.0 Å². The first-order valence-corrected chi connectivity index (χ1v) is 5.83. The van der Waals surface area contributed by atoms with E-state index >= 15 is 0 Å². The standard InChI is InChI=1S/C14H15F3N2O/c1-3-8-19(9-4-2)13(20)18-12-7-5-6-11(10-12)14(15,16)17/h3-7,10H,1-2,8-9H2,(H,18,20). The van der Waals surface area contributed by atoms with Crippen LogP contribution in [0.4, 0.5) is 23.7 Å². The fraction of sp³-hybridized carbons (Fsp3) is 0.214. The van der Waals surface area contributed by atoms with Gasteiger partial charge >= 0.3 is 12.2 Å². The molecule has 3 nitrogen and oxygen atoms in total. The molecule has 0 aliphatic carbocycles. The Bertz CT molecular complexity index is 487. The van der Waals surface area contributed by atoms with Gasteiger partial charge in [0.15, 0.2) is 0 Å². The van der Waals surface area contributed by atoms with Crippen LogP contribution in [0.3, 0.4) is 0 Å². The number of nitrogens with one attached hydrogen (secondary N) is 1. The first-order chi connectivity index (χ1) is 9.38. The van der Waals surface area contributed by atoms with Gasteiger partial charge in [-0.2, -0.15) is 13.2 Å². The van der Waals surface area contributed by atoms with E-state index < -0.39 is 17.8 Å². The number of rotatable bonds is 5. The van der Waals surface area contributed by atoms with E-state index in [2.05, 4.69) is 18.5 Å². The predicted octanol–water partition coefficient (Wildman–Crippen LogP) is 3.91. The molecule has 1 N–H and O–H groups in total. The smallest absolute Gasteiger partial charge is 0.317 e. The molecule has 0 heterocycles. The number of hydrogen-bond acceptors (Lipinski definition) is 1. The molecule has 0 unspecified atom stereocenters. The van der Waals surface area contributed by atoms with Crippen LogP contribution in [-0.4, -0.2) is 24.0 Å². The molecule has 0 saturated carbocycles. The number of carbonyl (C=O) groups excluding carboxylic acids is 1. The zero-order valence-electron chi connectivity index (χ0n) is 10.8. The molecule has 1 aromatic rings. The molecule has 1 aromatic carbocycles. The number of carbonyl (C=O) groups is 1. The highest BCUT2D eigenvalue weighted by Gasteiger charge is 2.30. The van der Waals surface area contributed by atoms with Crippen molar-refractivity contribution in [1.82, 2.24) is 4.90 Å². The van der Waals surface area contributed by atoms with Gasteiger partial charge in [-0.1, -0.05) is 18.2 Å². The molecule has 0 aliphatic rings. The molecule has 0 bridgehead atoms. The topological polar surface area (TPSA) is 32.3 Å². The van der Waals surface area contributed by atoms with Crippen molar-refractivity contribution in [3.63, 3.8) is 0 Å². The minimum Gasteiger partial charge on any atom is -0.317 e. The Labute approximate surface area is 115 Å². The summed E-state index contributed by atoms with van der Waals surface area (Å²) in [6.07, 6.45) is -1.40. The molecule has 0 atom stereocenters. The molecular formula is C14H15F3N2O. The van der Waals surface area contributed by atoms with Gasteiger partial charge in [0, 0.05) is 18.8 Å². The maximum Gasteiger partial charge on any atom is 0.416 e. The summed E-state index contributed by atoms with van der Waals surface area (Å²) in [6, 6.07) is 3.96. The molecule has 0 radical (unpaired) electrons. The largest absolute Gasteiger partial charge is 0.416 e. The molecular weight excluding hydrogens is 269 g/mol. The number of urea groups is 1. The van der Waals surface area contributed by atoms with Crippen molar-refractivity contribution in [2.75, 3.05) is 18.4 Å². The summed E-state index contributed by atoms with van der Waals surface area (Å²) >= 11 is 0. The second-order valence-corrected chi connectivity index (χ2v) is 3.99. The van der Waals surface area contributed by atoms with Crippen LogP contribution >= 0.6 is 0 Å². The lowest BCUT2D eigenvalue weighted by molar-refractivity contribution is -0.137. The second-order valence-electron chi connectivity index (χ2n) is 3.99. The van der Waals surface area contributed by atoms with E-state index in [0.29, 0.717) is 0 Å². The van der Waals surface area contributed by atoms with Crippen molar-refractivity contribution < 1.29 is 18.0 Å². The van der Waals surface area contributed by atoms with Crippen LogP contribution in [0, 0.1) is 0 Å². The van der Waals surface area contributed by atoms with Gasteiger partial charge in [0.1, 0.15) is 0 Å². The van der Waals surface area contributed by atoms with E-state index in [1.54, 1.807) is 0 Å². The zero-order chi connectivity index (χ0) is 15.2. The van der Waals surface area contributed by atoms with Crippen molar-refractivity contribution in [1.29, 1.82) is 0 Å². The highest BCUT2D eigenvalue weighted by atomic mass is 19.4. The Balaban J connectivity index is 2.84. The molecule has 0 saturated heterocycles. The molecule has 6 heteroatoms. The van der Waals surface area contributed by atoms with Crippen LogP contribution in [0.25, 0.3) is 0 Å². The molecule has 0 aromatic heterocycles. The highest BCUT2D eigenvalue weighted by molar-refractivity contribution is 5.89. The van der Waals surface area contributed by atoms with Gasteiger partial charge in [-0.25, -0.2) is 4.79 Å². The lowest BCUT2D eigenvalue weighted by atomic mass is 10.2. The summed E-state index contributed by atoms with van der Waals surface area (Å²) < 4.78 is 37.7. The van der Waals surface area contributed by atoms with E-state index in [-0.39, 0.29) is 18.8 Å². The summed E-state index contributed by atoms with van der Waals surface area (Å²) in [4.78, 5) is 13.3. The van der Waals surface area contributed by atoms with Crippen LogP contribution in [0.15, 0.2) is 49.6 Å². The molecule has 2 amide bonds. The van der Waals surface area contributed by atoms with Crippen molar-refractivity contribution in [2.45, 2.75) is 6.18 Å². The third kappa shape index (κ3) is 4.46. The summed E-state index contributed by atoms with van der Waals surface area (Å²) in [5, 5.41) is 2.42. The van der Waals surface area contributed by atoms with Crippen LogP contribution in [-0.2, 0) is 6.18 Å². The molecule has 0 spiro atoms. The Morgan fingerprint density at radius 1 is 1.25 bits per heavy atom. The van der Waals surface area contributed by atoms with E-state index in [1.807, 2.05) is 0 Å². The normalized spacial score (nSPS) is 10.8. The number of nitrogens with zero attached hydrogens (tertiary/aromatic N) is 1. The number of hydrogen-bond donors (Lipinski definition) is 1. The maximum absolute atomic E-state index is 12.6. The van der Waals surface area contributed by atoms with Crippen molar-refractivity contribution in [3.05, 3.63) is 55.1 Å². The van der Waals surface area contributed by atoms with Crippen LogP contribution in [0.2, 0.25) is 0 Å². The number of alkyl halides is 3. The Kier molecular flexibility index (Phi) is 5.37. The predicted molar refractivity (Wildman–Crippen MR) is 72.4 cm³/mol. The van der Waals surface area contributed by atoms with Gasteiger partial charge in [-0.15, -0.1) is 13.2 Å². The third-order valence-electron chi connectivity index (χ3n) is 2.43. The molecule has 20 heavy (non-hydrogen) atoms.